The molecule has 0 bridgehead atoms. The number of amides is 1. The van der Waals surface area contributed by atoms with E-state index in [1.807, 2.05) is 67.6 Å². The number of nitrogens with zero attached hydrogens (tertiary/aromatic N) is 1. The molecule has 0 radical (unpaired) electrons. The number of hydrogen-bond acceptors (Lipinski definition) is 4. The first-order valence-electron chi connectivity index (χ1n) is 11.4. The van der Waals surface area contributed by atoms with Crippen molar-refractivity contribution in [3.8, 4) is 33.2 Å². The van der Waals surface area contributed by atoms with Gasteiger partial charge in [0.05, 0.1) is 20.1 Å². The molecular weight excluding hydrogens is 538 g/mol. The van der Waals surface area contributed by atoms with Gasteiger partial charge in [0.25, 0.3) is 0 Å². The first-order chi connectivity index (χ1) is 17.4. The minimum Gasteiger partial charge on any atom is -0.478 e. The van der Waals surface area contributed by atoms with Gasteiger partial charge in [-0.2, -0.15) is 0 Å². The van der Waals surface area contributed by atoms with E-state index in [0.29, 0.717) is 6.54 Å². The zero-order valence-electron chi connectivity index (χ0n) is 19.5. The van der Waals surface area contributed by atoms with E-state index in [4.69, 9.17) is 10.1 Å². The quantitative estimate of drug-likeness (QED) is 0.194. The van der Waals surface area contributed by atoms with Crippen molar-refractivity contribution < 1.29 is 14.7 Å². The molecule has 0 saturated heterocycles. The Morgan fingerprint density at radius 1 is 0.972 bits per heavy atom. The average molecular weight is 562 g/mol. The molecule has 4 rings (SSSR count). The Morgan fingerprint density at radius 2 is 1.61 bits per heavy atom. The predicted octanol–water partition coefficient (Wildman–Crippen LogP) is 6.87. The highest BCUT2D eigenvalue weighted by Gasteiger charge is 2.16. The van der Waals surface area contributed by atoms with E-state index in [2.05, 4.69) is 26.2 Å². The van der Waals surface area contributed by atoms with Gasteiger partial charge in [-0.1, -0.05) is 55.5 Å². The van der Waals surface area contributed by atoms with E-state index in [-0.39, 0.29) is 5.91 Å². The van der Waals surface area contributed by atoms with Crippen molar-refractivity contribution in [1.29, 1.82) is 0 Å². The van der Waals surface area contributed by atoms with E-state index in [0.717, 1.165) is 60.6 Å². The Balaban J connectivity index is 1.66. The zero-order chi connectivity index (χ0) is 25.5. The highest BCUT2D eigenvalue weighted by Crippen LogP contribution is 2.36. The van der Waals surface area contributed by atoms with E-state index in [1.165, 1.54) is 6.08 Å². The molecule has 2 heterocycles. The van der Waals surface area contributed by atoms with Crippen LogP contribution in [0.1, 0.15) is 24.5 Å². The Labute approximate surface area is 221 Å². The van der Waals surface area contributed by atoms with E-state index >= 15 is 0 Å². The fraction of sp³-hybridized carbons (Fsp3) is 0.107. The zero-order valence-corrected chi connectivity index (χ0v) is 21.9. The number of carbonyl (C=O) groups is 2. The third kappa shape index (κ3) is 6.47. The van der Waals surface area contributed by atoms with Gasteiger partial charge in [0.2, 0.25) is 5.91 Å². The van der Waals surface area contributed by atoms with Gasteiger partial charge in [0.1, 0.15) is 5.82 Å². The molecule has 2 aromatic carbocycles. The van der Waals surface area contributed by atoms with Crippen LogP contribution >= 0.6 is 27.3 Å². The van der Waals surface area contributed by atoms with Gasteiger partial charge in [-0.25, -0.2) is 9.78 Å². The number of aliphatic carboxylic acids is 1. The highest BCUT2D eigenvalue weighted by atomic mass is 79.9. The van der Waals surface area contributed by atoms with Gasteiger partial charge in [-0.3, -0.25) is 4.79 Å². The van der Waals surface area contributed by atoms with Gasteiger partial charge in [0.15, 0.2) is 0 Å². The lowest BCUT2D eigenvalue weighted by molar-refractivity contribution is -0.131. The topological polar surface area (TPSA) is 95.1 Å². The van der Waals surface area contributed by atoms with Crippen molar-refractivity contribution in [2.24, 2.45) is 0 Å². The second-order valence-corrected chi connectivity index (χ2v) is 10.4. The van der Waals surface area contributed by atoms with Crippen molar-refractivity contribution in [2.75, 3.05) is 6.54 Å². The lowest BCUT2D eigenvalue weighted by atomic mass is 10.0. The average Bonchev–Trinajstić information content (AvgIpc) is 3.52. The summed E-state index contributed by atoms with van der Waals surface area (Å²) in [6, 6.07) is 19.5. The van der Waals surface area contributed by atoms with E-state index in [9.17, 15) is 9.59 Å². The van der Waals surface area contributed by atoms with Crippen molar-refractivity contribution in [1.82, 2.24) is 15.3 Å². The summed E-state index contributed by atoms with van der Waals surface area (Å²) in [6.45, 7) is 2.67. The Hall–Kier alpha value is -3.75. The van der Waals surface area contributed by atoms with Crippen LogP contribution in [0, 0.1) is 0 Å². The number of carbonyl (C=O) groups excluding carboxylic acids is 1. The molecule has 4 aromatic rings. The maximum atomic E-state index is 11.9. The summed E-state index contributed by atoms with van der Waals surface area (Å²) in [5.74, 6) is -0.326. The van der Waals surface area contributed by atoms with Gasteiger partial charge in [-0.15, -0.1) is 11.3 Å². The van der Waals surface area contributed by atoms with Gasteiger partial charge in [-0.05, 0) is 57.8 Å². The maximum absolute atomic E-state index is 11.9. The van der Waals surface area contributed by atoms with Crippen LogP contribution in [0.5, 0.6) is 0 Å². The number of aromatic nitrogens is 2. The largest absolute Gasteiger partial charge is 0.478 e. The number of aromatic amines is 1. The molecule has 0 unspecified atom stereocenters. The van der Waals surface area contributed by atoms with Gasteiger partial charge >= 0.3 is 5.97 Å². The molecule has 8 heteroatoms. The number of H-pyrrole nitrogens is 1. The smallest absolute Gasteiger partial charge is 0.328 e. The van der Waals surface area contributed by atoms with Crippen LogP contribution in [-0.2, 0) is 9.59 Å². The van der Waals surface area contributed by atoms with Crippen LogP contribution in [0.15, 0.2) is 76.6 Å². The van der Waals surface area contributed by atoms with Crippen LogP contribution < -0.4 is 5.32 Å². The SMILES string of the molecule is CCCNC(=O)/C=C/c1ccc(-c2nc(-c3ccc(Br)s3)[nH]c2-c2ccc(/C=C/C(=O)O)cc2)cc1. The molecule has 3 N–H and O–H groups in total. The number of rotatable bonds is 9. The lowest BCUT2D eigenvalue weighted by Gasteiger charge is -2.05. The fourth-order valence-corrected chi connectivity index (χ4v) is 4.84. The number of hydrogen-bond donors (Lipinski definition) is 3. The van der Waals surface area contributed by atoms with Crippen LogP contribution in [0.4, 0.5) is 0 Å². The second-order valence-electron chi connectivity index (χ2n) is 7.95. The summed E-state index contributed by atoms with van der Waals surface area (Å²) in [7, 11) is 0. The van der Waals surface area contributed by atoms with E-state index < -0.39 is 5.97 Å². The first-order valence-corrected chi connectivity index (χ1v) is 13.0. The van der Waals surface area contributed by atoms with Crippen LogP contribution in [0.2, 0.25) is 0 Å². The lowest BCUT2D eigenvalue weighted by Crippen LogP contribution is -2.21. The maximum Gasteiger partial charge on any atom is 0.328 e. The third-order valence-corrected chi connectivity index (χ3v) is 6.92. The predicted molar refractivity (Wildman–Crippen MR) is 149 cm³/mol. The number of thiophene rings is 1. The van der Waals surface area contributed by atoms with Crippen molar-refractivity contribution in [3.05, 3.63) is 87.7 Å². The minimum absolute atomic E-state index is 0.107. The van der Waals surface area contributed by atoms with Gasteiger partial charge < -0.3 is 15.4 Å². The molecule has 1 amide bonds. The monoisotopic (exact) mass is 561 g/mol. The second kappa shape index (κ2) is 11.8. The molecule has 0 aliphatic carbocycles. The molecule has 6 nitrogen and oxygen atoms in total. The van der Waals surface area contributed by atoms with Crippen molar-refractivity contribution >= 4 is 51.3 Å². The summed E-state index contributed by atoms with van der Waals surface area (Å²) >= 11 is 5.11. The number of imidazole rings is 1. The molecule has 0 atom stereocenters. The number of benzene rings is 2. The standard InChI is InChI=1S/C28H24BrN3O3S/c1-2-17-30-24(33)15-7-18-3-9-20(10-4-18)26-27(32-28(31-26)22-13-14-23(29)36-22)21-11-5-19(6-12-21)8-16-25(34)35/h3-16H,2,17H2,1H3,(H,30,33)(H,31,32)(H,34,35)/b15-7+,16-8+. The van der Waals surface area contributed by atoms with Crippen molar-refractivity contribution in [2.45, 2.75) is 13.3 Å². The molecule has 182 valence electrons. The number of carboxylic acid groups (broad SMARTS) is 1. The molecule has 2 aromatic heterocycles. The summed E-state index contributed by atoms with van der Waals surface area (Å²) in [4.78, 5) is 32.1. The fourth-order valence-electron chi connectivity index (χ4n) is 3.51. The van der Waals surface area contributed by atoms with E-state index in [1.54, 1.807) is 23.5 Å². The van der Waals surface area contributed by atoms with Gasteiger partial charge in [0, 0.05) is 29.8 Å². The Morgan fingerprint density at radius 3 is 2.19 bits per heavy atom. The number of carboxylic acids is 1. The third-order valence-electron chi connectivity index (χ3n) is 5.29. The highest BCUT2D eigenvalue weighted by molar-refractivity contribution is 9.11. The summed E-state index contributed by atoms with van der Waals surface area (Å²) in [5, 5.41) is 11.7. The molecule has 36 heavy (non-hydrogen) atoms. The molecule has 0 aliphatic rings. The number of halogens is 1. The minimum atomic E-state index is -0.985. The molecular formula is C28H24BrN3O3S. The molecule has 0 fully saturated rings. The first kappa shape index (κ1) is 25.3. The molecule has 0 aliphatic heterocycles. The van der Waals surface area contributed by atoms with Crippen LogP contribution in [0.3, 0.4) is 0 Å². The number of nitrogens with one attached hydrogen (secondary N) is 2. The van der Waals surface area contributed by atoms with Crippen molar-refractivity contribution in [3.63, 3.8) is 0 Å². The van der Waals surface area contributed by atoms with Crippen LogP contribution in [0.25, 0.3) is 45.4 Å². The molecule has 0 saturated carbocycles. The molecule has 0 spiro atoms. The Kier molecular flexibility index (Phi) is 8.30. The Bertz CT molecular complexity index is 1420. The summed E-state index contributed by atoms with van der Waals surface area (Å²) in [6.07, 6.45) is 6.90. The summed E-state index contributed by atoms with van der Waals surface area (Å²) < 4.78 is 1.02. The van der Waals surface area contributed by atoms with Crippen LogP contribution in [-0.4, -0.2) is 33.5 Å². The normalized spacial score (nSPS) is 11.4. The summed E-state index contributed by atoms with van der Waals surface area (Å²) in [5.41, 5.74) is 5.25.